The van der Waals surface area contributed by atoms with Gasteiger partial charge in [0.2, 0.25) is 0 Å². The maximum absolute atomic E-state index is 6.01. The van der Waals surface area contributed by atoms with Crippen LogP contribution < -0.4 is 9.47 Å². The van der Waals surface area contributed by atoms with E-state index in [1.165, 1.54) is 21.8 Å². The van der Waals surface area contributed by atoms with Gasteiger partial charge in [-0.3, -0.25) is 0 Å². The summed E-state index contributed by atoms with van der Waals surface area (Å²) in [6.45, 7) is 3.37. The average Bonchev–Trinajstić information content (AvgIpc) is 2.85. The minimum Gasteiger partial charge on any atom is -0.488 e. The highest BCUT2D eigenvalue weighted by Gasteiger charge is 2.12. The van der Waals surface area contributed by atoms with Crippen LogP contribution in [-0.4, -0.2) is 82.1 Å². The topological polar surface area (TPSA) is 23.4 Å². The summed E-state index contributed by atoms with van der Waals surface area (Å²) in [5, 5.41) is 2.45. The van der Waals surface area contributed by atoms with Gasteiger partial charge in [0.15, 0.2) is 0 Å². The second-order valence-electron chi connectivity index (χ2n) is 9.64. The van der Waals surface area contributed by atoms with Gasteiger partial charge in [0.25, 0.3) is 0 Å². The van der Waals surface area contributed by atoms with Gasteiger partial charge >= 0.3 is 0 Å². The van der Waals surface area contributed by atoms with E-state index >= 15 is 0 Å². The summed E-state index contributed by atoms with van der Waals surface area (Å²) >= 11 is 0. The van der Waals surface area contributed by atoms with Crippen LogP contribution in [0.15, 0.2) is 36.4 Å². The fraction of sp³-hybridized carbons (Fsp3) is 0.478. The molecule has 0 aliphatic carbocycles. The van der Waals surface area contributed by atoms with Gasteiger partial charge in [0.05, 0.1) is 47.8 Å². The zero-order valence-electron chi connectivity index (χ0n) is 18.5. The molecule has 0 saturated carbocycles. The molecular formula is C23H35N3O2+2. The molecule has 0 atom stereocenters. The number of rotatable bonds is 8. The number of likely N-dealkylation sites (N-methyl/N-ethyl adjacent to an activating group) is 2. The molecule has 0 saturated heterocycles. The number of benzene rings is 2. The first-order valence-electron chi connectivity index (χ1n) is 9.92. The fourth-order valence-corrected chi connectivity index (χ4v) is 3.22. The van der Waals surface area contributed by atoms with E-state index in [2.05, 4.69) is 90.3 Å². The summed E-state index contributed by atoms with van der Waals surface area (Å²) in [4.78, 5) is 0. The van der Waals surface area contributed by atoms with E-state index in [0.717, 1.165) is 33.6 Å². The van der Waals surface area contributed by atoms with Crippen molar-refractivity contribution in [2.45, 2.75) is 0 Å². The molecule has 0 aliphatic heterocycles. The van der Waals surface area contributed by atoms with Gasteiger partial charge < -0.3 is 23.0 Å². The lowest BCUT2D eigenvalue weighted by atomic mass is 10.1. The van der Waals surface area contributed by atoms with Crippen LogP contribution in [0.1, 0.15) is 0 Å². The van der Waals surface area contributed by atoms with Crippen molar-refractivity contribution < 1.29 is 18.4 Å². The molecular weight excluding hydrogens is 350 g/mol. The van der Waals surface area contributed by atoms with Crippen molar-refractivity contribution in [3.05, 3.63) is 36.4 Å². The number of aryl methyl sites for hydroxylation is 1. The van der Waals surface area contributed by atoms with E-state index in [1.54, 1.807) is 0 Å². The van der Waals surface area contributed by atoms with Gasteiger partial charge in [0.1, 0.15) is 37.8 Å². The third-order valence-electron chi connectivity index (χ3n) is 5.01. The molecule has 3 aromatic rings. The Kier molecular flexibility index (Phi) is 5.60. The summed E-state index contributed by atoms with van der Waals surface area (Å²) in [6, 6.07) is 12.7. The van der Waals surface area contributed by atoms with E-state index < -0.39 is 0 Å². The summed E-state index contributed by atoms with van der Waals surface area (Å²) in [5.41, 5.74) is 2.39. The predicted octanol–water partition coefficient (Wildman–Crippen LogP) is 3.50. The highest BCUT2D eigenvalue weighted by Crippen LogP contribution is 2.33. The highest BCUT2D eigenvalue weighted by atomic mass is 16.5. The minimum absolute atomic E-state index is 0.712. The van der Waals surface area contributed by atoms with E-state index in [1.807, 2.05) is 0 Å². The summed E-state index contributed by atoms with van der Waals surface area (Å²) in [6.07, 6.45) is 0. The van der Waals surface area contributed by atoms with Crippen molar-refractivity contribution in [2.24, 2.45) is 7.05 Å². The van der Waals surface area contributed by atoms with Crippen LogP contribution in [0.4, 0.5) is 0 Å². The molecule has 0 fully saturated rings. The first kappa shape index (κ1) is 20.5. The molecule has 0 bridgehead atoms. The molecule has 0 spiro atoms. The number of nitrogens with zero attached hydrogens (tertiary/aromatic N) is 3. The van der Waals surface area contributed by atoms with Crippen molar-refractivity contribution in [2.75, 3.05) is 68.6 Å². The Morgan fingerprint density at radius 1 is 0.679 bits per heavy atom. The zero-order valence-corrected chi connectivity index (χ0v) is 18.5. The van der Waals surface area contributed by atoms with E-state index in [4.69, 9.17) is 9.47 Å². The highest BCUT2D eigenvalue weighted by molar-refractivity contribution is 6.08. The van der Waals surface area contributed by atoms with Gasteiger partial charge in [0, 0.05) is 29.4 Å². The SMILES string of the molecule is Cn1c2ccc(OCC[N+](C)(C)C)cc2c2ccc(OCC[N+](C)(C)C)cc21. The van der Waals surface area contributed by atoms with Gasteiger partial charge in [-0.2, -0.15) is 0 Å². The molecule has 2 aromatic carbocycles. The molecule has 0 N–H and O–H groups in total. The first-order chi connectivity index (χ1) is 13.0. The average molecular weight is 386 g/mol. The lowest BCUT2D eigenvalue weighted by Crippen LogP contribution is -2.38. The van der Waals surface area contributed by atoms with Crippen LogP contribution in [-0.2, 0) is 7.05 Å². The Balaban J connectivity index is 1.83. The van der Waals surface area contributed by atoms with Crippen LogP contribution >= 0.6 is 0 Å². The van der Waals surface area contributed by atoms with Crippen LogP contribution in [0, 0.1) is 0 Å². The largest absolute Gasteiger partial charge is 0.488 e. The lowest BCUT2D eigenvalue weighted by molar-refractivity contribution is -0.870. The Hall–Kier alpha value is -2.24. The molecule has 0 radical (unpaired) electrons. The Bertz CT molecular complexity index is 962. The molecule has 0 unspecified atom stereocenters. The molecule has 1 aromatic heterocycles. The maximum Gasteiger partial charge on any atom is 0.137 e. The Labute approximate surface area is 168 Å². The fourth-order valence-electron chi connectivity index (χ4n) is 3.22. The number of hydrogen-bond acceptors (Lipinski definition) is 2. The second kappa shape index (κ2) is 7.64. The zero-order chi connectivity index (χ0) is 20.5. The van der Waals surface area contributed by atoms with Crippen molar-refractivity contribution in [1.82, 2.24) is 4.57 Å². The number of quaternary nitrogens is 2. The summed E-state index contributed by atoms with van der Waals surface area (Å²) < 4.78 is 16.0. The van der Waals surface area contributed by atoms with Gasteiger partial charge in [-0.1, -0.05) is 0 Å². The quantitative estimate of drug-likeness (QED) is 0.554. The molecule has 3 rings (SSSR count). The van der Waals surface area contributed by atoms with Crippen LogP contribution in [0.2, 0.25) is 0 Å². The molecule has 0 aliphatic rings. The molecule has 152 valence electrons. The first-order valence-corrected chi connectivity index (χ1v) is 9.92. The Morgan fingerprint density at radius 3 is 1.79 bits per heavy atom. The van der Waals surface area contributed by atoms with Crippen LogP contribution in [0.5, 0.6) is 11.5 Å². The molecule has 0 amide bonds. The molecule has 5 heteroatoms. The third kappa shape index (κ3) is 4.97. The van der Waals surface area contributed by atoms with Crippen LogP contribution in [0.3, 0.4) is 0 Å². The summed E-state index contributed by atoms with van der Waals surface area (Å²) in [5.74, 6) is 1.85. The van der Waals surface area contributed by atoms with E-state index in [-0.39, 0.29) is 0 Å². The molecule has 28 heavy (non-hydrogen) atoms. The maximum atomic E-state index is 6.01. The minimum atomic E-state index is 0.712. The monoisotopic (exact) mass is 385 g/mol. The molecule has 5 nitrogen and oxygen atoms in total. The van der Waals surface area contributed by atoms with Crippen molar-refractivity contribution >= 4 is 21.8 Å². The predicted molar refractivity (Wildman–Crippen MR) is 117 cm³/mol. The normalized spacial score (nSPS) is 12.7. The lowest BCUT2D eigenvalue weighted by Gasteiger charge is -2.23. The van der Waals surface area contributed by atoms with Crippen molar-refractivity contribution in [3.63, 3.8) is 0 Å². The number of hydrogen-bond donors (Lipinski definition) is 0. The van der Waals surface area contributed by atoms with Gasteiger partial charge in [-0.05, 0) is 30.3 Å². The van der Waals surface area contributed by atoms with Crippen molar-refractivity contribution in [1.29, 1.82) is 0 Å². The van der Waals surface area contributed by atoms with Crippen molar-refractivity contribution in [3.8, 4) is 11.5 Å². The second-order valence-corrected chi connectivity index (χ2v) is 9.64. The standard InChI is InChI=1S/C23H35N3O2/c1-24-22-11-9-18(27-14-12-25(2,3)4)16-21(22)20-10-8-19(17-23(20)24)28-15-13-26(5,6)7/h8-11,16-17H,12-15H2,1-7H3/q+2. The smallest absolute Gasteiger partial charge is 0.137 e. The number of fused-ring (bicyclic) bond motifs is 3. The van der Waals surface area contributed by atoms with E-state index in [0.29, 0.717) is 13.2 Å². The number of aromatic nitrogens is 1. The van der Waals surface area contributed by atoms with Gasteiger partial charge in [-0.25, -0.2) is 0 Å². The van der Waals surface area contributed by atoms with Gasteiger partial charge in [-0.15, -0.1) is 0 Å². The number of ether oxygens (including phenoxy) is 2. The van der Waals surface area contributed by atoms with Crippen LogP contribution in [0.25, 0.3) is 21.8 Å². The summed E-state index contributed by atoms with van der Waals surface area (Å²) in [7, 11) is 15.2. The molecule has 1 heterocycles. The Morgan fingerprint density at radius 2 is 1.21 bits per heavy atom. The third-order valence-corrected chi connectivity index (χ3v) is 5.01. The van der Waals surface area contributed by atoms with E-state index in [9.17, 15) is 0 Å².